The van der Waals surface area contributed by atoms with E-state index >= 15 is 0 Å². The molecule has 0 radical (unpaired) electrons. The van der Waals surface area contributed by atoms with Gasteiger partial charge in [-0.05, 0) is 25.7 Å². The Bertz CT molecular complexity index is 501. The summed E-state index contributed by atoms with van der Waals surface area (Å²) < 4.78 is 66.2. The molecule has 1 amide bonds. The first kappa shape index (κ1) is 17.5. The molecule has 1 aliphatic carbocycles. The lowest BCUT2D eigenvalue weighted by atomic mass is 9.78. The minimum Gasteiger partial charge on any atom is -0.274 e. The molecule has 2 atom stereocenters. The van der Waals surface area contributed by atoms with E-state index in [-0.39, 0.29) is 12.8 Å². The first-order chi connectivity index (χ1) is 10.2. The third kappa shape index (κ3) is 4.13. The van der Waals surface area contributed by atoms with Gasteiger partial charge in [-0.2, -0.15) is 25.9 Å². The van der Waals surface area contributed by atoms with Gasteiger partial charge in [-0.1, -0.05) is 19.3 Å². The smallest absolute Gasteiger partial charge is 0.274 e. The van der Waals surface area contributed by atoms with Crippen molar-refractivity contribution in [1.82, 2.24) is 9.03 Å². The number of alkyl halides is 3. The molecule has 0 spiro atoms. The molecule has 0 bridgehead atoms. The lowest BCUT2D eigenvalue weighted by Gasteiger charge is -2.33. The molecule has 2 aliphatic rings. The van der Waals surface area contributed by atoms with Gasteiger partial charge in [0.1, 0.15) is 0 Å². The Balaban J connectivity index is 2.06. The lowest BCUT2D eigenvalue weighted by Crippen LogP contribution is -2.50. The number of amides is 1. The molecule has 9 heteroatoms. The van der Waals surface area contributed by atoms with Crippen molar-refractivity contribution in [1.29, 1.82) is 0 Å². The fraction of sp³-hybridized carbons (Fsp3) is 0.923. The molecule has 2 fully saturated rings. The summed E-state index contributed by atoms with van der Waals surface area (Å²) in [5, 5.41) is 0. The van der Waals surface area contributed by atoms with Crippen molar-refractivity contribution >= 4 is 16.1 Å². The predicted octanol–water partition coefficient (Wildman–Crippen LogP) is 2.20. The van der Waals surface area contributed by atoms with E-state index in [9.17, 15) is 26.4 Å². The van der Waals surface area contributed by atoms with Crippen LogP contribution in [0.5, 0.6) is 0 Å². The van der Waals surface area contributed by atoms with Gasteiger partial charge in [0.15, 0.2) is 0 Å². The van der Waals surface area contributed by atoms with Crippen LogP contribution >= 0.6 is 0 Å². The van der Waals surface area contributed by atoms with Crippen LogP contribution < -0.4 is 4.72 Å². The second kappa shape index (κ2) is 6.74. The first-order valence-electron chi connectivity index (χ1n) is 7.60. The van der Waals surface area contributed by atoms with Gasteiger partial charge in [0, 0.05) is 13.1 Å². The zero-order valence-corrected chi connectivity index (χ0v) is 13.0. The van der Waals surface area contributed by atoms with Crippen molar-refractivity contribution in [3.05, 3.63) is 0 Å². The standard InChI is InChI=1S/C13H21F3N2O3S/c14-13(15,16)11-7-3-2-6-10(11)12(19)17-22(20,21)18-8-4-1-5-9-18/h10-11H,1-9H2,(H,17,19)/t10-,11-/m1/s1. The quantitative estimate of drug-likeness (QED) is 0.855. The Hall–Kier alpha value is -0.830. The van der Waals surface area contributed by atoms with Gasteiger partial charge in [-0.15, -0.1) is 0 Å². The van der Waals surface area contributed by atoms with E-state index in [1.54, 1.807) is 0 Å². The van der Waals surface area contributed by atoms with E-state index in [0.29, 0.717) is 38.8 Å². The molecule has 1 heterocycles. The van der Waals surface area contributed by atoms with Crippen molar-refractivity contribution in [3.63, 3.8) is 0 Å². The number of carbonyl (C=O) groups is 1. The predicted molar refractivity (Wildman–Crippen MR) is 74.0 cm³/mol. The van der Waals surface area contributed by atoms with Gasteiger partial charge in [0.25, 0.3) is 0 Å². The summed E-state index contributed by atoms with van der Waals surface area (Å²) >= 11 is 0. The topological polar surface area (TPSA) is 66.5 Å². The van der Waals surface area contributed by atoms with Crippen molar-refractivity contribution in [3.8, 4) is 0 Å². The van der Waals surface area contributed by atoms with Crippen LogP contribution in [0.1, 0.15) is 44.9 Å². The SMILES string of the molecule is O=C(NS(=O)(=O)N1CCCCC1)[C@@H]1CCCC[C@H]1C(F)(F)F. The Morgan fingerprint density at radius 1 is 1.00 bits per heavy atom. The van der Waals surface area contributed by atoms with Crippen LogP contribution in [0, 0.1) is 11.8 Å². The van der Waals surface area contributed by atoms with E-state index in [0.717, 1.165) is 10.7 Å². The molecule has 0 aromatic heterocycles. The molecule has 2 rings (SSSR count). The van der Waals surface area contributed by atoms with Crippen molar-refractivity contribution < 1.29 is 26.4 Å². The third-order valence-electron chi connectivity index (χ3n) is 4.41. The number of hydrogen-bond acceptors (Lipinski definition) is 3. The van der Waals surface area contributed by atoms with Gasteiger partial charge in [-0.3, -0.25) is 4.79 Å². The number of carbonyl (C=O) groups excluding carboxylic acids is 1. The summed E-state index contributed by atoms with van der Waals surface area (Å²) in [6, 6.07) is 0. The molecule has 1 saturated heterocycles. The van der Waals surface area contributed by atoms with Crippen LogP contribution in [0.25, 0.3) is 0 Å². The second-order valence-corrected chi connectivity index (χ2v) is 7.64. The normalized spacial score (nSPS) is 28.3. The second-order valence-electron chi connectivity index (χ2n) is 5.97. The molecule has 22 heavy (non-hydrogen) atoms. The average Bonchev–Trinajstić information content (AvgIpc) is 2.47. The van der Waals surface area contributed by atoms with Crippen LogP contribution in [0.3, 0.4) is 0 Å². The monoisotopic (exact) mass is 342 g/mol. The van der Waals surface area contributed by atoms with Crippen LogP contribution in [0.2, 0.25) is 0 Å². The lowest BCUT2D eigenvalue weighted by molar-refractivity contribution is -0.197. The minimum atomic E-state index is -4.47. The Labute approximate surface area is 128 Å². The van der Waals surface area contributed by atoms with Gasteiger partial charge in [0.05, 0.1) is 11.8 Å². The van der Waals surface area contributed by atoms with E-state index in [1.165, 1.54) is 0 Å². The van der Waals surface area contributed by atoms with Crippen molar-refractivity contribution in [2.75, 3.05) is 13.1 Å². The van der Waals surface area contributed by atoms with Gasteiger partial charge < -0.3 is 0 Å². The Morgan fingerprint density at radius 3 is 2.18 bits per heavy atom. The summed E-state index contributed by atoms with van der Waals surface area (Å²) in [4.78, 5) is 12.1. The van der Waals surface area contributed by atoms with Crippen molar-refractivity contribution in [2.45, 2.75) is 51.1 Å². The van der Waals surface area contributed by atoms with E-state index in [1.807, 2.05) is 4.72 Å². The highest BCUT2D eigenvalue weighted by molar-refractivity contribution is 7.87. The van der Waals surface area contributed by atoms with E-state index in [2.05, 4.69) is 0 Å². The molecular weight excluding hydrogens is 321 g/mol. The summed E-state index contributed by atoms with van der Waals surface area (Å²) in [6.07, 6.45) is -1.29. The van der Waals surface area contributed by atoms with E-state index < -0.39 is 34.1 Å². The molecule has 1 N–H and O–H groups in total. The molecule has 0 aromatic rings. The summed E-state index contributed by atoms with van der Waals surface area (Å²) in [5.74, 6) is -4.08. The van der Waals surface area contributed by atoms with Crippen LogP contribution in [0.15, 0.2) is 0 Å². The molecule has 128 valence electrons. The minimum absolute atomic E-state index is 0.0749. The molecule has 0 aromatic carbocycles. The zero-order chi connectivity index (χ0) is 16.4. The number of halogens is 3. The number of piperidine rings is 1. The summed E-state index contributed by atoms with van der Waals surface area (Å²) in [6.45, 7) is 0.603. The number of nitrogens with one attached hydrogen (secondary N) is 1. The highest BCUT2D eigenvalue weighted by atomic mass is 32.2. The van der Waals surface area contributed by atoms with Gasteiger partial charge in [0.2, 0.25) is 5.91 Å². The maximum atomic E-state index is 13.0. The highest BCUT2D eigenvalue weighted by Crippen LogP contribution is 2.41. The summed E-state index contributed by atoms with van der Waals surface area (Å²) in [5.41, 5.74) is 0. The Kier molecular flexibility index (Phi) is 5.37. The highest BCUT2D eigenvalue weighted by Gasteiger charge is 2.48. The van der Waals surface area contributed by atoms with Crippen LogP contribution in [-0.2, 0) is 15.0 Å². The fourth-order valence-electron chi connectivity index (χ4n) is 3.21. The maximum Gasteiger partial charge on any atom is 0.392 e. The van der Waals surface area contributed by atoms with Crippen LogP contribution in [0.4, 0.5) is 13.2 Å². The third-order valence-corrected chi connectivity index (χ3v) is 5.91. The Morgan fingerprint density at radius 2 is 1.59 bits per heavy atom. The largest absolute Gasteiger partial charge is 0.392 e. The number of hydrogen-bond donors (Lipinski definition) is 1. The van der Waals surface area contributed by atoms with Gasteiger partial charge >= 0.3 is 16.4 Å². The molecule has 1 aliphatic heterocycles. The summed E-state index contributed by atoms with van der Waals surface area (Å²) in [7, 11) is -4.03. The number of rotatable bonds is 3. The van der Waals surface area contributed by atoms with Crippen molar-refractivity contribution in [2.24, 2.45) is 11.8 Å². The molecule has 1 saturated carbocycles. The molecule has 0 unspecified atom stereocenters. The number of nitrogens with zero attached hydrogens (tertiary/aromatic N) is 1. The molecule has 5 nitrogen and oxygen atoms in total. The zero-order valence-electron chi connectivity index (χ0n) is 12.2. The fourth-order valence-corrected chi connectivity index (χ4v) is 4.48. The maximum absolute atomic E-state index is 13.0. The average molecular weight is 342 g/mol. The van der Waals surface area contributed by atoms with Crippen LogP contribution in [-0.4, -0.2) is 37.9 Å². The van der Waals surface area contributed by atoms with Gasteiger partial charge in [-0.25, -0.2) is 4.72 Å². The molecular formula is C13H21F3N2O3S. The van der Waals surface area contributed by atoms with E-state index in [4.69, 9.17) is 0 Å². The first-order valence-corrected chi connectivity index (χ1v) is 9.04.